The summed E-state index contributed by atoms with van der Waals surface area (Å²) in [6, 6.07) is 5.69. The van der Waals surface area contributed by atoms with Crippen LogP contribution in [0.15, 0.2) is 18.2 Å². The summed E-state index contributed by atoms with van der Waals surface area (Å²) in [6.45, 7) is 3.77. The van der Waals surface area contributed by atoms with Crippen LogP contribution >= 0.6 is 0 Å². The van der Waals surface area contributed by atoms with E-state index in [9.17, 15) is 4.79 Å². The zero-order chi connectivity index (χ0) is 15.9. The lowest BCUT2D eigenvalue weighted by atomic mass is 9.82. The van der Waals surface area contributed by atoms with Crippen LogP contribution in [-0.4, -0.2) is 57.6 Å². The first kappa shape index (κ1) is 14.8. The van der Waals surface area contributed by atoms with Crippen molar-refractivity contribution in [1.82, 2.24) is 4.90 Å². The first-order valence-corrected chi connectivity index (χ1v) is 7.93. The minimum atomic E-state index is -0.0285. The summed E-state index contributed by atoms with van der Waals surface area (Å²) in [5.41, 5.74) is 0.924. The van der Waals surface area contributed by atoms with Gasteiger partial charge < -0.3 is 23.8 Å². The van der Waals surface area contributed by atoms with E-state index in [1.807, 2.05) is 23.1 Å². The predicted octanol–water partition coefficient (Wildman–Crippen LogP) is 1.08. The molecule has 1 amide bonds. The molecule has 0 aromatic heterocycles. The van der Waals surface area contributed by atoms with E-state index in [1.54, 1.807) is 7.11 Å². The Hall–Kier alpha value is -1.79. The zero-order valence-electron chi connectivity index (χ0n) is 13.2. The fraction of sp³-hybridized carbons (Fsp3) is 0.588. The number of rotatable bonds is 4. The van der Waals surface area contributed by atoms with Crippen LogP contribution in [0.1, 0.15) is 5.56 Å². The van der Waals surface area contributed by atoms with E-state index in [-0.39, 0.29) is 18.1 Å². The van der Waals surface area contributed by atoms with E-state index in [2.05, 4.69) is 0 Å². The van der Waals surface area contributed by atoms with Gasteiger partial charge in [0.1, 0.15) is 0 Å². The maximum Gasteiger partial charge on any atom is 0.231 e. The van der Waals surface area contributed by atoms with Crippen molar-refractivity contribution in [1.29, 1.82) is 0 Å². The predicted molar refractivity (Wildman–Crippen MR) is 81.5 cm³/mol. The van der Waals surface area contributed by atoms with Gasteiger partial charge in [-0.2, -0.15) is 0 Å². The van der Waals surface area contributed by atoms with Crippen molar-refractivity contribution in [3.05, 3.63) is 23.8 Å². The van der Waals surface area contributed by atoms with Gasteiger partial charge in [0.2, 0.25) is 12.7 Å². The van der Waals surface area contributed by atoms with Crippen molar-refractivity contribution in [2.75, 3.05) is 46.8 Å². The Morgan fingerprint density at radius 1 is 1.39 bits per heavy atom. The third kappa shape index (κ3) is 2.56. The van der Waals surface area contributed by atoms with Crippen molar-refractivity contribution >= 4 is 5.91 Å². The molecule has 3 heterocycles. The molecule has 0 saturated carbocycles. The summed E-state index contributed by atoms with van der Waals surface area (Å²) in [4.78, 5) is 14.6. The van der Waals surface area contributed by atoms with Crippen molar-refractivity contribution in [2.45, 2.75) is 6.42 Å². The van der Waals surface area contributed by atoms with Crippen molar-refractivity contribution in [2.24, 2.45) is 11.3 Å². The van der Waals surface area contributed by atoms with Crippen molar-refractivity contribution in [3.8, 4) is 11.5 Å². The number of nitrogens with zero attached hydrogens (tertiary/aromatic N) is 1. The van der Waals surface area contributed by atoms with Gasteiger partial charge in [-0.05, 0) is 17.7 Å². The van der Waals surface area contributed by atoms with Gasteiger partial charge in [-0.1, -0.05) is 6.07 Å². The highest BCUT2D eigenvalue weighted by Gasteiger charge is 2.51. The van der Waals surface area contributed by atoms with Crippen LogP contribution in [0, 0.1) is 11.3 Å². The van der Waals surface area contributed by atoms with Gasteiger partial charge in [-0.25, -0.2) is 0 Å². The summed E-state index contributed by atoms with van der Waals surface area (Å²) in [5.74, 6) is 1.99. The van der Waals surface area contributed by atoms with Gasteiger partial charge in [-0.3, -0.25) is 4.79 Å². The molecule has 0 radical (unpaired) electrons. The molecule has 3 aliphatic rings. The number of hydrogen-bond acceptors (Lipinski definition) is 5. The van der Waals surface area contributed by atoms with E-state index >= 15 is 0 Å². The third-order valence-corrected chi connectivity index (χ3v) is 5.10. The monoisotopic (exact) mass is 319 g/mol. The number of likely N-dealkylation sites (tertiary alicyclic amines) is 1. The molecule has 0 bridgehead atoms. The average molecular weight is 319 g/mol. The summed E-state index contributed by atoms with van der Waals surface area (Å²) < 4.78 is 21.7. The third-order valence-electron chi connectivity index (χ3n) is 5.10. The lowest BCUT2D eigenvalue weighted by Crippen LogP contribution is -2.37. The van der Waals surface area contributed by atoms with Gasteiger partial charge in [0.15, 0.2) is 11.5 Å². The lowest BCUT2D eigenvalue weighted by molar-refractivity contribution is -0.130. The van der Waals surface area contributed by atoms with Gasteiger partial charge >= 0.3 is 0 Å². The average Bonchev–Trinajstić information content (AvgIpc) is 3.20. The number of benzene rings is 1. The van der Waals surface area contributed by atoms with Gasteiger partial charge in [0.05, 0.1) is 26.2 Å². The van der Waals surface area contributed by atoms with Crippen LogP contribution in [-0.2, 0) is 20.7 Å². The molecule has 4 rings (SSSR count). The van der Waals surface area contributed by atoms with E-state index < -0.39 is 0 Å². The molecule has 0 aliphatic carbocycles. The summed E-state index contributed by atoms with van der Waals surface area (Å²) in [7, 11) is 1.71. The highest BCUT2D eigenvalue weighted by atomic mass is 16.7. The van der Waals surface area contributed by atoms with Gasteiger partial charge in [0, 0.05) is 31.5 Å². The Morgan fingerprint density at radius 2 is 2.26 bits per heavy atom. The Kier molecular flexibility index (Phi) is 3.66. The Balaban J connectivity index is 1.44. The SMILES string of the molecule is COC[C@@]12COC[C@@H]1CN(C(=O)Cc1ccc3c(c1)OCO3)C2. The standard InChI is InChI=1S/C17H21NO5/c1-20-9-17-8-18(6-13(17)7-21-10-17)16(19)5-12-2-3-14-15(4-12)23-11-22-14/h2-4,13H,5-11H2,1H3/t13-,17-/m0/s1. The number of carbonyl (C=O) groups excluding carboxylic acids is 1. The fourth-order valence-corrected chi connectivity index (χ4v) is 3.85. The number of fused-ring (bicyclic) bond motifs is 2. The summed E-state index contributed by atoms with van der Waals surface area (Å²) in [5, 5.41) is 0. The number of amides is 1. The molecule has 0 N–H and O–H groups in total. The lowest BCUT2D eigenvalue weighted by Gasteiger charge is -2.26. The number of ether oxygens (including phenoxy) is 4. The fourth-order valence-electron chi connectivity index (χ4n) is 3.85. The highest BCUT2D eigenvalue weighted by molar-refractivity contribution is 5.79. The van der Waals surface area contributed by atoms with Crippen molar-refractivity contribution < 1.29 is 23.7 Å². The Morgan fingerprint density at radius 3 is 3.13 bits per heavy atom. The van der Waals surface area contributed by atoms with E-state index in [1.165, 1.54) is 0 Å². The molecule has 6 heteroatoms. The van der Waals surface area contributed by atoms with Gasteiger partial charge in [-0.15, -0.1) is 0 Å². The zero-order valence-corrected chi connectivity index (χ0v) is 13.2. The molecule has 0 unspecified atom stereocenters. The molecule has 23 heavy (non-hydrogen) atoms. The topological polar surface area (TPSA) is 57.2 Å². The highest BCUT2D eigenvalue weighted by Crippen LogP contribution is 2.41. The molecule has 2 fully saturated rings. The quantitative estimate of drug-likeness (QED) is 0.831. The molecule has 3 aliphatic heterocycles. The summed E-state index contributed by atoms with van der Waals surface area (Å²) in [6.07, 6.45) is 0.382. The Labute approximate surface area is 135 Å². The minimum Gasteiger partial charge on any atom is -0.454 e. The Bertz CT molecular complexity index is 619. The van der Waals surface area contributed by atoms with Crippen LogP contribution < -0.4 is 9.47 Å². The van der Waals surface area contributed by atoms with E-state index in [0.717, 1.165) is 36.8 Å². The van der Waals surface area contributed by atoms with Crippen LogP contribution in [0.5, 0.6) is 11.5 Å². The van der Waals surface area contributed by atoms with Crippen molar-refractivity contribution in [3.63, 3.8) is 0 Å². The van der Waals surface area contributed by atoms with Gasteiger partial charge in [0.25, 0.3) is 0 Å². The number of methoxy groups -OCH3 is 1. The number of carbonyl (C=O) groups is 1. The molecule has 2 saturated heterocycles. The first-order chi connectivity index (χ1) is 11.2. The van der Waals surface area contributed by atoms with E-state index in [4.69, 9.17) is 18.9 Å². The van der Waals surface area contributed by atoms with Crippen LogP contribution in [0.4, 0.5) is 0 Å². The smallest absolute Gasteiger partial charge is 0.231 e. The van der Waals surface area contributed by atoms with Crippen LogP contribution in [0.3, 0.4) is 0 Å². The number of hydrogen-bond donors (Lipinski definition) is 0. The second kappa shape index (κ2) is 5.69. The molecule has 6 nitrogen and oxygen atoms in total. The normalized spacial score (nSPS) is 28.2. The van der Waals surface area contributed by atoms with E-state index in [0.29, 0.717) is 25.6 Å². The molecular formula is C17H21NO5. The second-order valence-electron chi connectivity index (χ2n) is 6.65. The second-order valence-corrected chi connectivity index (χ2v) is 6.65. The maximum absolute atomic E-state index is 12.7. The molecule has 0 spiro atoms. The molecule has 2 atom stereocenters. The molecule has 1 aromatic rings. The summed E-state index contributed by atoms with van der Waals surface area (Å²) >= 11 is 0. The molecule has 1 aromatic carbocycles. The minimum absolute atomic E-state index is 0.0285. The van der Waals surface area contributed by atoms with Crippen LogP contribution in [0.2, 0.25) is 0 Å². The van der Waals surface area contributed by atoms with Crippen LogP contribution in [0.25, 0.3) is 0 Å². The first-order valence-electron chi connectivity index (χ1n) is 7.93. The largest absolute Gasteiger partial charge is 0.454 e. The maximum atomic E-state index is 12.7. The molecule has 124 valence electrons. The molecular weight excluding hydrogens is 298 g/mol.